The first-order chi connectivity index (χ1) is 9.95. The Labute approximate surface area is 130 Å². The second-order valence-corrected chi connectivity index (χ2v) is 5.31. The highest BCUT2D eigenvalue weighted by atomic mass is 79.9. The molecule has 0 atom stereocenters. The van der Waals surface area contributed by atoms with Crippen molar-refractivity contribution in [2.75, 3.05) is 16.4 Å². The number of nitrogens with two attached hydrogens (primary N) is 1. The van der Waals surface area contributed by atoms with E-state index in [1.165, 1.54) is 6.92 Å². The van der Waals surface area contributed by atoms with E-state index in [4.69, 9.17) is 5.73 Å². The molecule has 0 unspecified atom stereocenters. The van der Waals surface area contributed by atoms with Gasteiger partial charge in [-0.25, -0.2) is 0 Å². The predicted octanol–water partition coefficient (Wildman–Crippen LogP) is 3.24. The number of nitrogen functional groups attached to an aromatic ring is 1. The van der Waals surface area contributed by atoms with Gasteiger partial charge in [0.05, 0.1) is 5.56 Å². The summed E-state index contributed by atoms with van der Waals surface area (Å²) in [5.41, 5.74) is 7.96. The van der Waals surface area contributed by atoms with Crippen molar-refractivity contribution >= 4 is 44.8 Å². The van der Waals surface area contributed by atoms with E-state index in [0.29, 0.717) is 27.1 Å². The molecule has 0 aliphatic rings. The fourth-order valence-corrected chi connectivity index (χ4v) is 2.18. The minimum atomic E-state index is -0.263. The van der Waals surface area contributed by atoms with Crippen molar-refractivity contribution in [3.63, 3.8) is 0 Å². The number of halogens is 1. The van der Waals surface area contributed by atoms with Gasteiger partial charge in [-0.1, -0.05) is 0 Å². The molecule has 0 aromatic heterocycles. The van der Waals surface area contributed by atoms with Crippen LogP contribution in [0.25, 0.3) is 0 Å². The Bertz CT molecular complexity index is 684. The lowest BCUT2D eigenvalue weighted by molar-refractivity contribution is -0.114. The van der Waals surface area contributed by atoms with Gasteiger partial charge in [-0.15, -0.1) is 0 Å². The van der Waals surface area contributed by atoms with Crippen molar-refractivity contribution in [2.24, 2.45) is 0 Å². The van der Waals surface area contributed by atoms with Crippen LogP contribution < -0.4 is 16.4 Å². The topological polar surface area (TPSA) is 84.2 Å². The van der Waals surface area contributed by atoms with Crippen LogP contribution in [0, 0.1) is 0 Å². The van der Waals surface area contributed by atoms with E-state index in [1.807, 2.05) is 0 Å². The first-order valence-corrected chi connectivity index (χ1v) is 6.99. The van der Waals surface area contributed by atoms with E-state index in [2.05, 4.69) is 26.6 Å². The Balaban J connectivity index is 2.12. The maximum atomic E-state index is 12.2. The zero-order chi connectivity index (χ0) is 15.4. The predicted molar refractivity (Wildman–Crippen MR) is 87.3 cm³/mol. The Morgan fingerprint density at radius 1 is 1.00 bits per heavy atom. The van der Waals surface area contributed by atoms with Crippen LogP contribution in [0.15, 0.2) is 46.9 Å². The molecule has 21 heavy (non-hydrogen) atoms. The third-order valence-electron chi connectivity index (χ3n) is 2.70. The van der Waals surface area contributed by atoms with Crippen LogP contribution in [0.4, 0.5) is 17.1 Å². The van der Waals surface area contributed by atoms with Gasteiger partial charge in [-0.05, 0) is 58.4 Å². The van der Waals surface area contributed by atoms with Crippen molar-refractivity contribution < 1.29 is 9.59 Å². The van der Waals surface area contributed by atoms with Crippen LogP contribution >= 0.6 is 15.9 Å². The third kappa shape index (κ3) is 4.06. The summed E-state index contributed by atoms with van der Waals surface area (Å²) in [5, 5.41) is 5.43. The molecule has 5 nitrogen and oxygen atoms in total. The van der Waals surface area contributed by atoms with Gasteiger partial charge in [0.1, 0.15) is 0 Å². The average Bonchev–Trinajstić information content (AvgIpc) is 2.43. The average molecular weight is 348 g/mol. The molecule has 2 aromatic carbocycles. The maximum absolute atomic E-state index is 12.2. The molecule has 0 spiro atoms. The molecule has 0 saturated heterocycles. The Morgan fingerprint density at radius 3 is 2.14 bits per heavy atom. The standard InChI is InChI=1S/C15H14BrN3O2/c1-9(20)18-11-3-5-12(6-4-11)19-15(21)13-8-10(17)2-7-14(13)16/h2-8H,17H2,1H3,(H,18,20)(H,19,21). The van der Waals surface area contributed by atoms with E-state index in [0.717, 1.165) is 0 Å². The molecule has 2 aromatic rings. The highest BCUT2D eigenvalue weighted by Crippen LogP contribution is 2.21. The van der Waals surface area contributed by atoms with Crippen molar-refractivity contribution in [1.29, 1.82) is 0 Å². The summed E-state index contributed by atoms with van der Waals surface area (Å²) in [6.07, 6.45) is 0. The molecule has 108 valence electrons. The monoisotopic (exact) mass is 347 g/mol. The van der Waals surface area contributed by atoms with Gasteiger partial charge >= 0.3 is 0 Å². The summed E-state index contributed by atoms with van der Waals surface area (Å²) in [7, 11) is 0. The van der Waals surface area contributed by atoms with E-state index in [9.17, 15) is 9.59 Å². The normalized spacial score (nSPS) is 10.0. The van der Waals surface area contributed by atoms with Crippen LogP contribution in [0.5, 0.6) is 0 Å². The van der Waals surface area contributed by atoms with Crippen LogP contribution in [0.2, 0.25) is 0 Å². The van der Waals surface area contributed by atoms with Gasteiger partial charge in [0, 0.05) is 28.5 Å². The van der Waals surface area contributed by atoms with Gasteiger partial charge < -0.3 is 16.4 Å². The summed E-state index contributed by atoms with van der Waals surface area (Å²) < 4.78 is 0.670. The summed E-state index contributed by atoms with van der Waals surface area (Å²) in [5.74, 6) is -0.406. The first kappa shape index (κ1) is 15.1. The van der Waals surface area contributed by atoms with E-state index < -0.39 is 0 Å². The molecule has 0 bridgehead atoms. The van der Waals surface area contributed by atoms with Crippen molar-refractivity contribution in [1.82, 2.24) is 0 Å². The van der Waals surface area contributed by atoms with E-state index >= 15 is 0 Å². The number of hydrogen-bond donors (Lipinski definition) is 3. The Morgan fingerprint density at radius 2 is 1.57 bits per heavy atom. The lowest BCUT2D eigenvalue weighted by Crippen LogP contribution is -2.13. The second kappa shape index (κ2) is 6.41. The number of carbonyl (C=O) groups is 2. The number of amides is 2. The minimum absolute atomic E-state index is 0.143. The smallest absolute Gasteiger partial charge is 0.256 e. The molecule has 0 heterocycles. The molecule has 2 amide bonds. The molecule has 0 saturated carbocycles. The van der Waals surface area contributed by atoms with Crippen molar-refractivity contribution in [2.45, 2.75) is 6.92 Å². The lowest BCUT2D eigenvalue weighted by Gasteiger charge is -2.09. The fourth-order valence-electron chi connectivity index (χ4n) is 1.76. The molecule has 0 aliphatic carbocycles. The molecule has 4 N–H and O–H groups in total. The van der Waals surface area contributed by atoms with Crippen molar-refractivity contribution in [3.05, 3.63) is 52.5 Å². The SMILES string of the molecule is CC(=O)Nc1ccc(NC(=O)c2cc(N)ccc2Br)cc1. The van der Waals surface area contributed by atoms with Crippen LogP contribution in [0.1, 0.15) is 17.3 Å². The van der Waals surface area contributed by atoms with Crippen molar-refractivity contribution in [3.8, 4) is 0 Å². The number of carbonyl (C=O) groups excluding carboxylic acids is 2. The third-order valence-corrected chi connectivity index (χ3v) is 3.39. The highest BCUT2D eigenvalue weighted by molar-refractivity contribution is 9.10. The maximum Gasteiger partial charge on any atom is 0.256 e. The quantitative estimate of drug-likeness (QED) is 0.745. The Hall–Kier alpha value is -2.34. The minimum Gasteiger partial charge on any atom is -0.399 e. The fraction of sp³-hybridized carbons (Fsp3) is 0.0667. The van der Waals surface area contributed by atoms with Gasteiger partial charge in [-0.2, -0.15) is 0 Å². The molecule has 0 radical (unpaired) electrons. The lowest BCUT2D eigenvalue weighted by atomic mass is 10.2. The Kier molecular flexibility index (Phi) is 4.59. The zero-order valence-corrected chi connectivity index (χ0v) is 12.9. The summed E-state index contributed by atoms with van der Waals surface area (Å²) >= 11 is 3.32. The molecule has 2 rings (SSSR count). The van der Waals surface area contributed by atoms with Gasteiger partial charge in [0.25, 0.3) is 5.91 Å². The largest absolute Gasteiger partial charge is 0.399 e. The van der Waals surface area contributed by atoms with Crippen LogP contribution in [-0.4, -0.2) is 11.8 Å². The van der Waals surface area contributed by atoms with Gasteiger partial charge in [0.15, 0.2) is 0 Å². The van der Waals surface area contributed by atoms with Gasteiger partial charge in [0.2, 0.25) is 5.91 Å². The molecule has 0 fully saturated rings. The number of hydrogen-bond acceptors (Lipinski definition) is 3. The summed E-state index contributed by atoms with van der Waals surface area (Å²) in [6, 6.07) is 11.9. The van der Waals surface area contributed by atoms with E-state index in [-0.39, 0.29) is 11.8 Å². The van der Waals surface area contributed by atoms with Gasteiger partial charge in [-0.3, -0.25) is 9.59 Å². The molecular formula is C15H14BrN3O2. The highest BCUT2D eigenvalue weighted by Gasteiger charge is 2.10. The molecule has 0 aliphatic heterocycles. The molecule has 6 heteroatoms. The number of anilines is 3. The zero-order valence-electron chi connectivity index (χ0n) is 11.3. The van der Waals surface area contributed by atoms with E-state index in [1.54, 1.807) is 42.5 Å². The number of nitrogens with one attached hydrogen (secondary N) is 2. The molecular weight excluding hydrogens is 334 g/mol. The van der Waals surface area contributed by atoms with Crippen LogP contribution in [-0.2, 0) is 4.79 Å². The van der Waals surface area contributed by atoms with Crippen LogP contribution in [0.3, 0.4) is 0 Å². The number of benzene rings is 2. The first-order valence-electron chi connectivity index (χ1n) is 6.20. The summed E-state index contributed by atoms with van der Waals surface area (Å²) in [6.45, 7) is 1.44. The summed E-state index contributed by atoms with van der Waals surface area (Å²) in [4.78, 5) is 23.1. The second-order valence-electron chi connectivity index (χ2n) is 4.45. The number of rotatable bonds is 3.